The molecule has 0 fully saturated rings. The summed E-state index contributed by atoms with van der Waals surface area (Å²) in [4.78, 5) is 16.8. The van der Waals surface area contributed by atoms with Gasteiger partial charge >= 0.3 is 5.97 Å². The van der Waals surface area contributed by atoms with E-state index in [1.165, 1.54) is 0 Å². The molecule has 0 aliphatic heterocycles. The highest BCUT2D eigenvalue weighted by Crippen LogP contribution is 2.23. The molecule has 0 bridgehead atoms. The molecule has 1 rings (SSSR count). The summed E-state index contributed by atoms with van der Waals surface area (Å²) in [7, 11) is 0. The van der Waals surface area contributed by atoms with Gasteiger partial charge in [0.1, 0.15) is 6.04 Å². The number of aliphatic carboxylic acids is 1. The van der Waals surface area contributed by atoms with Crippen molar-refractivity contribution >= 4 is 17.3 Å². The average molecular weight is 270 g/mol. The third kappa shape index (κ3) is 4.07. The Labute approximate surface area is 112 Å². The molecule has 0 radical (unpaired) electrons. The number of carboxylic acids is 1. The smallest absolute Gasteiger partial charge is 0.320 e. The highest BCUT2D eigenvalue weighted by Gasteiger charge is 2.23. The zero-order chi connectivity index (χ0) is 13.9. The van der Waals surface area contributed by atoms with Crippen molar-refractivity contribution in [2.45, 2.75) is 53.1 Å². The molecule has 0 aliphatic carbocycles. The Morgan fingerprint density at radius 3 is 2.39 bits per heavy atom. The van der Waals surface area contributed by atoms with Crippen molar-refractivity contribution in [2.24, 2.45) is 5.92 Å². The summed E-state index contributed by atoms with van der Waals surface area (Å²) >= 11 is 1.65. The number of nitrogens with zero attached hydrogens (tertiary/aromatic N) is 1. The van der Waals surface area contributed by atoms with Gasteiger partial charge in [0.15, 0.2) is 0 Å². The van der Waals surface area contributed by atoms with E-state index in [2.05, 4.69) is 10.3 Å². The number of rotatable bonds is 6. The van der Waals surface area contributed by atoms with Crippen molar-refractivity contribution in [1.82, 2.24) is 10.3 Å². The fourth-order valence-corrected chi connectivity index (χ4v) is 2.95. The van der Waals surface area contributed by atoms with Gasteiger partial charge in [-0.2, -0.15) is 0 Å². The lowest BCUT2D eigenvalue weighted by atomic mass is 10.0. The number of aryl methyl sites for hydroxylation is 2. The van der Waals surface area contributed by atoms with E-state index in [0.717, 1.165) is 15.6 Å². The molecule has 0 amide bonds. The van der Waals surface area contributed by atoms with Crippen LogP contribution in [0.15, 0.2) is 0 Å². The topological polar surface area (TPSA) is 62.2 Å². The first-order chi connectivity index (χ1) is 8.31. The summed E-state index contributed by atoms with van der Waals surface area (Å²) in [6.07, 6.45) is 0.627. The predicted molar refractivity (Wildman–Crippen MR) is 74.0 cm³/mol. The minimum atomic E-state index is -0.792. The van der Waals surface area contributed by atoms with E-state index in [-0.39, 0.29) is 6.04 Å². The van der Waals surface area contributed by atoms with Gasteiger partial charge in [0.25, 0.3) is 0 Å². The number of carboxylic acid groups (broad SMARTS) is 1. The van der Waals surface area contributed by atoms with E-state index in [9.17, 15) is 9.90 Å². The normalized spacial score (nSPS) is 14.8. The van der Waals surface area contributed by atoms with Crippen LogP contribution in [0.1, 0.15) is 48.8 Å². The van der Waals surface area contributed by atoms with Gasteiger partial charge in [-0.1, -0.05) is 13.8 Å². The zero-order valence-corrected chi connectivity index (χ0v) is 12.5. The molecule has 2 unspecified atom stereocenters. The van der Waals surface area contributed by atoms with Crippen LogP contribution in [0.5, 0.6) is 0 Å². The van der Waals surface area contributed by atoms with E-state index in [1.54, 1.807) is 11.3 Å². The van der Waals surface area contributed by atoms with E-state index >= 15 is 0 Å². The monoisotopic (exact) mass is 270 g/mol. The first-order valence-corrected chi connectivity index (χ1v) is 7.05. The molecule has 102 valence electrons. The average Bonchev–Trinajstić information content (AvgIpc) is 2.56. The van der Waals surface area contributed by atoms with Crippen LogP contribution in [0.4, 0.5) is 0 Å². The maximum atomic E-state index is 11.2. The van der Waals surface area contributed by atoms with E-state index in [1.807, 2.05) is 34.6 Å². The molecule has 0 aliphatic rings. The number of nitrogens with one attached hydrogen (secondary N) is 1. The van der Waals surface area contributed by atoms with Crippen molar-refractivity contribution in [1.29, 1.82) is 0 Å². The van der Waals surface area contributed by atoms with Crippen LogP contribution in [0.2, 0.25) is 0 Å². The molecule has 0 saturated heterocycles. The number of hydrogen-bond acceptors (Lipinski definition) is 4. The number of thiazole rings is 1. The lowest BCUT2D eigenvalue weighted by Crippen LogP contribution is -2.39. The largest absolute Gasteiger partial charge is 0.480 e. The SMILES string of the molecule is Cc1nc(C(C)NC(CC(C)C)C(=O)O)c(C)s1. The van der Waals surface area contributed by atoms with E-state index in [0.29, 0.717) is 12.3 Å². The standard InChI is InChI=1S/C13H22N2O2S/c1-7(2)6-11(13(16)17)14-8(3)12-9(4)18-10(5)15-12/h7-8,11,14H,6H2,1-5H3,(H,16,17). The minimum Gasteiger partial charge on any atom is -0.480 e. The molecule has 4 nitrogen and oxygen atoms in total. The van der Waals surface area contributed by atoms with Gasteiger partial charge in [0.05, 0.1) is 10.7 Å². The van der Waals surface area contributed by atoms with Gasteiger partial charge in [-0.3, -0.25) is 10.1 Å². The van der Waals surface area contributed by atoms with Gasteiger partial charge in [-0.15, -0.1) is 11.3 Å². The Balaban J connectivity index is 2.75. The second kappa shape index (κ2) is 6.29. The molecular formula is C13H22N2O2S. The summed E-state index contributed by atoms with van der Waals surface area (Å²) in [5.74, 6) is -0.441. The lowest BCUT2D eigenvalue weighted by molar-refractivity contribution is -0.140. The molecule has 2 atom stereocenters. The molecule has 5 heteroatoms. The summed E-state index contributed by atoms with van der Waals surface area (Å²) in [5, 5.41) is 13.4. The molecule has 1 heterocycles. The Morgan fingerprint density at radius 2 is 2.00 bits per heavy atom. The number of hydrogen-bond donors (Lipinski definition) is 2. The second-order valence-corrected chi connectivity index (χ2v) is 6.49. The molecular weight excluding hydrogens is 248 g/mol. The first kappa shape index (κ1) is 15.1. The predicted octanol–water partition coefficient (Wildman–Crippen LogP) is 2.91. The van der Waals surface area contributed by atoms with Gasteiger partial charge in [-0.05, 0) is 33.1 Å². The third-order valence-corrected chi connectivity index (χ3v) is 3.71. The van der Waals surface area contributed by atoms with Crippen molar-refractivity contribution in [3.63, 3.8) is 0 Å². The molecule has 18 heavy (non-hydrogen) atoms. The summed E-state index contributed by atoms with van der Waals surface area (Å²) in [6.45, 7) is 10.0. The second-order valence-electron chi connectivity index (χ2n) is 5.08. The Bertz CT molecular complexity index is 415. The Kier molecular flexibility index (Phi) is 5.28. The zero-order valence-electron chi connectivity index (χ0n) is 11.7. The Morgan fingerprint density at radius 1 is 1.39 bits per heavy atom. The highest BCUT2D eigenvalue weighted by atomic mass is 32.1. The highest BCUT2D eigenvalue weighted by molar-refractivity contribution is 7.11. The van der Waals surface area contributed by atoms with Crippen molar-refractivity contribution < 1.29 is 9.90 Å². The van der Waals surface area contributed by atoms with Gasteiger partial charge in [0, 0.05) is 10.9 Å². The summed E-state index contributed by atoms with van der Waals surface area (Å²) in [6, 6.07) is -0.545. The molecule has 0 aromatic carbocycles. The molecule has 1 aromatic heterocycles. The first-order valence-electron chi connectivity index (χ1n) is 6.24. The summed E-state index contributed by atoms with van der Waals surface area (Å²) in [5.41, 5.74) is 0.965. The third-order valence-electron chi connectivity index (χ3n) is 2.81. The molecule has 2 N–H and O–H groups in total. The van der Waals surface area contributed by atoms with Crippen LogP contribution in [0.3, 0.4) is 0 Å². The Hall–Kier alpha value is -0.940. The minimum absolute atomic E-state index is 0.0326. The van der Waals surface area contributed by atoms with Gasteiger partial charge < -0.3 is 5.11 Å². The molecule has 0 saturated carbocycles. The quantitative estimate of drug-likeness (QED) is 0.834. The van der Waals surface area contributed by atoms with Crippen LogP contribution >= 0.6 is 11.3 Å². The van der Waals surface area contributed by atoms with Crippen LogP contribution in [-0.4, -0.2) is 22.1 Å². The molecule has 0 spiro atoms. The van der Waals surface area contributed by atoms with Crippen molar-refractivity contribution in [3.05, 3.63) is 15.6 Å². The molecule has 1 aromatic rings. The lowest BCUT2D eigenvalue weighted by Gasteiger charge is -2.21. The van der Waals surface area contributed by atoms with Gasteiger partial charge in [-0.25, -0.2) is 4.98 Å². The van der Waals surface area contributed by atoms with Crippen molar-refractivity contribution in [3.8, 4) is 0 Å². The van der Waals surface area contributed by atoms with Crippen LogP contribution in [0.25, 0.3) is 0 Å². The fraction of sp³-hybridized carbons (Fsp3) is 0.692. The number of aromatic nitrogens is 1. The van der Waals surface area contributed by atoms with Crippen LogP contribution in [0, 0.1) is 19.8 Å². The fourth-order valence-electron chi connectivity index (χ4n) is 2.04. The van der Waals surface area contributed by atoms with Crippen molar-refractivity contribution in [2.75, 3.05) is 0 Å². The number of carbonyl (C=O) groups is 1. The summed E-state index contributed by atoms with van der Waals surface area (Å²) < 4.78 is 0. The van der Waals surface area contributed by atoms with Gasteiger partial charge in [0.2, 0.25) is 0 Å². The maximum absolute atomic E-state index is 11.2. The van der Waals surface area contributed by atoms with E-state index in [4.69, 9.17) is 0 Å². The van der Waals surface area contributed by atoms with Crippen LogP contribution < -0.4 is 5.32 Å². The van der Waals surface area contributed by atoms with E-state index < -0.39 is 12.0 Å². The van der Waals surface area contributed by atoms with Crippen LogP contribution in [-0.2, 0) is 4.79 Å². The maximum Gasteiger partial charge on any atom is 0.320 e.